The predicted molar refractivity (Wildman–Crippen MR) is 93.8 cm³/mol. The molecule has 0 saturated heterocycles. The van der Waals surface area contributed by atoms with E-state index in [1.54, 1.807) is 10.6 Å². The maximum Gasteiger partial charge on any atom is 0.148 e. The van der Waals surface area contributed by atoms with Crippen molar-refractivity contribution in [1.82, 2.24) is 9.55 Å². The molecule has 0 aliphatic rings. The Bertz CT molecular complexity index is 998. The molecule has 3 N–H and O–H groups in total. The highest BCUT2D eigenvalue weighted by Gasteiger charge is 2.21. The topological polar surface area (TPSA) is 87.9 Å². The Morgan fingerprint density at radius 2 is 1.96 bits per heavy atom. The lowest BCUT2D eigenvalue weighted by Gasteiger charge is -2.15. The lowest BCUT2D eigenvalue weighted by molar-refractivity contribution is 0.470. The van der Waals surface area contributed by atoms with Gasteiger partial charge < -0.3 is 10.8 Å². The van der Waals surface area contributed by atoms with E-state index in [4.69, 9.17) is 5.73 Å². The summed E-state index contributed by atoms with van der Waals surface area (Å²) in [6.07, 6.45) is 0. The number of phenolic OH excluding ortho intramolecular Hbond substituents is 1. The van der Waals surface area contributed by atoms with E-state index in [0.717, 1.165) is 16.8 Å². The van der Waals surface area contributed by atoms with Gasteiger partial charge in [-0.2, -0.15) is 5.26 Å². The number of nitrogens with zero attached hydrogens (tertiary/aromatic N) is 3. The quantitative estimate of drug-likeness (QED) is 0.636. The SMILES string of the molecule is Cc1cc2c(C#N)c(N)n(-c3c(C)ccc(O)c3C)c2nc1Br. The second-order valence-electron chi connectivity index (χ2n) is 5.55. The van der Waals surface area contributed by atoms with E-state index in [2.05, 4.69) is 27.0 Å². The average Bonchev–Trinajstić information content (AvgIpc) is 2.76. The first-order valence-electron chi connectivity index (χ1n) is 7.03. The van der Waals surface area contributed by atoms with Crippen LogP contribution in [-0.2, 0) is 0 Å². The van der Waals surface area contributed by atoms with Crippen molar-refractivity contribution in [2.24, 2.45) is 0 Å². The van der Waals surface area contributed by atoms with Gasteiger partial charge in [0, 0.05) is 10.9 Å². The number of benzene rings is 1. The third-order valence-corrected chi connectivity index (χ3v) is 4.85. The molecule has 0 atom stereocenters. The third kappa shape index (κ3) is 2.16. The number of aryl methyl sites for hydroxylation is 2. The number of fused-ring (bicyclic) bond motifs is 1. The summed E-state index contributed by atoms with van der Waals surface area (Å²) in [5.74, 6) is 0.501. The number of hydrogen-bond acceptors (Lipinski definition) is 4. The molecule has 0 spiro atoms. The second-order valence-corrected chi connectivity index (χ2v) is 6.30. The standard InChI is InChI=1S/C17H15BrN4O/c1-8-4-5-13(23)10(3)14(8)22-16(20)12(7-19)11-6-9(2)15(18)21-17(11)22/h4-6,23H,20H2,1-3H3. The first-order chi connectivity index (χ1) is 10.9. The number of hydrogen-bond donors (Lipinski definition) is 2. The minimum Gasteiger partial charge on any atom is -0.508 e. The number of nitriles is 1. The van der Waals surface area contributed by atoms with Gasteiger partial charge in [0.05, 0.1) is 5.69 Å². The van der Waals surface area contributed by atoms with Gasteiger partial charge >= 0.3 is 0 Å². The van der Waals surface area contributed by atoms with Crippen molar-refractivity contribution < 1.29 is 5.11 Å². The van der Waals surface area contributed by atoms with E-state index in [1.165, 1.54) is 0 Å². The molecule has 2 heterocycles. The molecular formula is C17H15BrN4O. The van der Waals surface area contributed by atoms with E-state index in [1.807, 2.05) is 32.9 Å². The maximum absolute atomic E-state index is 10.1. The van der Waals surface area contributed by atoms with E-state index in [9.17, 15) is 10.4 Å². The first kappa shape index (κ1) is 15.4. The summed E-state index contributed by atoms with van der Waals surface area (Å²) in [6, 6.07) is 7.52. The Balaban J connectivity index is 2.54. The summed E-state index contributed by atoms with van der Waals surface area (Å²) in [4.78, 5) is 4.56. The van der Waals surface area contributed by atoms with Gasteiger partial charge in [0.1, 0.15) is 33.5 Å². The number of anilines is 1. The van der Waals surface area contributed by atoms with Crippen molar-refractivity contribution in [3.05, 3.63) is 45.1 Å². The molecule has 0 radical (unpaired) electrons. The largest absolute Gasteiger partial charge is 0.508 e. The van der Waals surface area contributed by atoms with E-state index >= 15 is 0 Å². The second kappa shape index (κ2) is 5.28. The van der Waals surface area contributed by atoms with Gasteiger partial charge in [-0.25, -0.2) is 4.98 Å². The molecule has 0 amide bonds. The average molecular weight is 371 g/mol. The zero-order valence-corrected chi connectivity index (χ0v) is 14.6. The summed E-state index contributed by atoms with van der Waals surface area (Å²) in [6.45, 7) is 5.66. The molecule has 3 rings (SSSR count). The Kier molecular flexibility index (Phi) is 3.53. The van der Waals surface area contributed by atoms with Gasteiger partial charge in [-0.1, -0.05) is 6.07 Å². The van der Waals surface area contributed by atoms with Gasteiger partial charge in [-0.3, -0.25) is 4.57 Å². The normalized spacial score (nSPS) is 10.9. The number of nitrogen functional groups attached to an aromatic ring is 1. The summed E-state index contributed by atoms with van der Waals surface area (Å²) < 4.78 is 2.44. The van der Waals surface area contributed by atoms with Crippen molar-refractivity contribution >= 4 is 32.8 Å². The fourth-order valence-corrected chi connectivity index (χ4v) is 3.10. The summed E-state index contributed by atoms with van der Waals surface area (Å²) >= 11 is 3.43. The van der Waals surface area contributed by atoms with Gasteiger partial charge in [0.15, 0.2) is 0 Å². The zero-order valence-electron chi connectivity index (χ0n) is 13.0. The molecule has 0 aliphatic heterocycles. The van der Waals surface area contributed by atoms with Crippen LogP contribution in [0.15, 0.2) is 22.8 Å². The highest BCUT2D eigenvalue weighted by atomic mass is 79.9. The molecule has 116 valence electrons. The van der Waals surface area contributed by atoms with E-state index < -0.39 is 0 Å². The molecule has 5 nitrogen and oxygen atoms in total. The fourth-order valence-electron chi connectivity index (χ4n) is 2.81. The van der Waals surface area contributed by atoms with Gasteiger partial charge in [-0.05, 0) is 60.0 Å². The molecule has 0 bridgehead atoms. The van der Waals surface area contributed by atoms with Gasteiger partial charge in [0.25, 0.3) is 0 Å². The Hall–Kier alpha value is -2.52. The molecule has 2 aromatic heterocycles. The number of pyridine rings is 1. The van der Waals surface area contributed by atoms with Crippen LogP contribution in [0.1, 0.15) is 22.3 Å². The van der Waals surface area contributed by atoms with Crippen LogP contribution in [-0.4, -0.2) is 14.7 Å². The van der Waals surface area contributed by atoms with Crippen molar-refractivity contribution in [2.45, 2.75) is 20.8 Å². The molecule has 0 unspecified atom stereocenters. The minimum atomic E-state index is 0.177. The van der Waals surface area contributed by atoms with Crippen molar-refractivity contribution in [2.75, 3.05) is 5.73 Å². The monoisotopic (exact) mass is 370 g/mol. The molecule has 6 heteroatoms. The summed E-state index contributed by atoms with van der Waals surface area (Å²) in [5, 5.41) is 20.3. The number of halogens is 1. The predicted octanol–water partition coefficient (Wildman–Crippen LogP) is 3.87. The molecular weight excluding hydrogens is 356 g/mol. The minimum absolute atomic E-state index is 0.177. The number of phenols is 1. The molecule has 3 aromatic rings. The van der Waals surface area contributed by atoms with Crippen LogP contribution in [0.5, 0.6) is 5.75 Å². The van der Waals surface area contributed by atoms with Crippen LogP contribution >= 0.6 is 15.9 Å². The Labute approximate surface area is 142 Å². The van der Waals surface area contributed by atoms with Crippen LogP contribution in [0.2, 0.25) is 0 Å². The fraction of sp³-hybridized carbons (Fsp3) is 0.176. The van der Waals surface area contributed by atoms with E-state index in [-0.39, 0.29) is 5.75 Å². The smallest absolute Gasteiger partial charge is 0.148 e. The van der Waals surface area contributed by atoms with Crippen LogP contribution in [0.4, 0.5) is 5.82 Å². The molecule has 0 fully saturated rings. The first-order valence-corrected chi connectivity index (χ1v) is 7.82. The number of rotatable bonds is 1. The number of nitrogens with two attached hydrogens (primary N) is 1. The Morgan fingerprint density at radius 1 is 1.26 bits per heavy atom. The number of aromatic hydroxyl groups is 1. The van der Waals surface area contributed by atoms with Crippen molar-refractivity contribution in [1.29, 1.82) is 5.26 Å². The summed E-state index contributed by atoms with van der Waals surface area (Å²) in [7, 11) is 0. The summed E-state index contributed by atoms with van der Waals surface area (Å²) in [5.41, 5.74) is 10.5. The Morgan fingerprint density at radius 3 is 2.61 bits per heavy atom. The lowest BCUT2D eigenvalue weighted by atomic mass is 10.1. The van der Waals surface area contributed by atoms with Crippen LogP contribution in [0.3, 0.4) is 0 Å². The molecule has 0 saturated carbocycles. The number of aromatic nitrogens is 2. The molecule has 1 aromatic carbocycles. The van der Waals surface area contributed by atoms with Crippen molar-refractivity contribution in [3.63, 3.8) is 0 Å². The highest BCUT2D eigenvalue weighted by molar-refractivity contribution is 9.10. The van der Waals surface area contributed by atoms with Crippen molar-refractivity contribution in [3.8, 4) is 17.5 Å². The van der Waals surface area contributed by atoms with Gasteiger partial charge in [-0.15, -0.1) is 0 Å². The lowest BCUT2D eigenvalue weighted by Crippen LogP contribution is -2.06. The maximum atomic E-state index is 10.1. The van der Waals surface area contributed by atoms with Crippen LogP contribution in [0.25, 0.3) is 16.7 Å². The van der Waals surface area contributed by atoms with E-state index in [0.29, 0.717) is 32.6 Å². The molecule has 0 aliphatic carbocycles. The highest BCUT2D eigenvalue weighted by Crippen LogP contribution is 2.36. The van der Waals surface area contributed by atoms with Crippen LogP contribution in [0, 0.1) is 32.1 Å². The molecule has 23 heavy (non-hydrogen) atoms. The van der Waals surface area contributed by atoms with Crippen LogP contribution < -0.4 is 5.73 Å². The van der Waals surface area contributed by atoms with Gasteiger partial charge in [0.2, 0.25) is 0 Å². The third-order valence-electron chi connectivity index (χ3n) is 4.05. The zero-order chi connectivity index (χ0) is 16.9.